The lowest BCUT2D eigenvalue weighted by atomic mass is 10.2. The van der Waals surface area contributed by atoms with Crippen molar-refractivity contribution >= 4 is 17.3 Å². The van der Waals surface area contributed by atoms with Crippen LogP contribution < -0.4 is 9.64 Å². The van der Waals surface area contributed by atoms with Crippen molar-refractivity contribution in [3.63, 3.8) is 0 Å². The molecule has 0 aliphatic heterocycles. The molecule has 0 radical (unpaired) electrons. The van der Waals surface area contributed by atoms with Crippen molar-refractivity contribution in [3.05, 3.63) is 76.9 Å². The van der Waals surface area contributed by atoms with E-state index in [1.807, 2.05) is 30.3 Å². The first-order chi connectivity index (χ1) is 11.5. The van der Waals surface area contributed by atoms with Gasteiger partial charge in [-0.05, 0) is 11.6 Å². The van der Waals surface area contributed by atoms with Crippen LogP contribution in [0.5, 0.6) is 5.75 Å². The summed E-state index contributed by atoms with van der Waals surface area (Å²) in [5, 5.41) is 11.2. The summed E-state index contributed by atoms with van der Waals surface area (Å²) in [6.07, 6.45) is 1.59. The number of rotatable bonds is 7. The van der Waals surface area contributed by atoms with Crippen molar-refractivity contribution in [1.82, 2.24) is 0 Å². The molecule has 1 amide bonds. The highest BCUT2D eigenvalue weighted by Crippen LogP contribution is 2.32. The summed E-state index contributed by atoms with van der Waals surface area (Å²) in [4.78, 5) is 23.9. The van der Waals surface area contributed by atoms with Gasteiger partial charge in [0, 0.05) is 31.3 Å². The maximum Gasteiger partial charge on any atom is 0.311 e. The van der Waals surface area contributed by atoms with E-state index in [9.17, 15) is 14.9 Å². The van der Waals surface area contributed by atoms with Crippen LogP contribution in [0.3, 0.4) is 0 Å². The molecule has 0 spiro atoms. The van der Waals surface area contributed by atoms with Crippen molar-refractivity contribution in [2.45, 2.75) is 13.5 Å². The fourth-order valence-electron chi connectivity index (χ4n) is 2.22. The van der Waals surface area contributed by atoms with Crippen molar-refractivity contribution in [2.75, 3.05) is 11.4 Å². The monoisotopic (exact) mass is 326 g/mol. The van der Waals surface area contributed by atoms with Crippen LogP contribution in [0.1, 0.15) is 12.5 Å². The number of nitrogens with zero attached hydrogens (tertiary/aromatic N) is 2. The zero-order valence-electron chi connectivity index (χ0n) is 13.3. The van der Waals surface area contributed by atoms with Gasteiger partial charge in [-0.2, -0.15) is 0 Å². The van der Waals surface area contributed by atoms with Crippen LogP contribution in [0.25, 0.3) is 0 Å². The number of hydrogen-bond acceptors (Lipinski definition) is 4. The van der Waals surface area contributed by atoms with Gasteiger partial charge in [-0.1, -0.05) is 36.4 Å². The Morgan fingerprint density at radius 1 is 1.29 bits per heavy atom. The third-order valence-electron chi connectivity index (χ3n) is 3.38. The molecule has 0 unspecified atom stereocenters. The topological polar surface area (TPSA) is 72.7 Å². The Balaban J connectivity index is 2.32. The molecule has 2 rings (SSSR count). The number of nitro benzene ring substituents is 1. The number of amides is 1. The first-order valence-corrected chi connectivity index (χ1v) is 7.37. The summed E-state index contributed by atoms with van der Waals surface area (Å²) in [7, 11) is 0. The third-order valence-corrected chi connectivity index (χ3v) is 3.38. The molecular formula is C18H18N2O4. The van der Waals surface area contributed by atoms with E-state index in [4.69, 9.17) is 4.74 Å². The molecule has 6 heteroatoms. The molecule has 0 fully saturated rings. The molecule has 0 aromatic heterocycles. The van der Waals surface area contributed by atoms with Gasteiger partial charge >= 0.3 is 5.69 Å². The average Bonchev–Trinajstić information content (AvgIpc) is 2.58. The number of hydrogen-bond donors (Lipinski definition) is 0. The summed E-state index contributed by atoms with van der Waals surface area (Å²) >= 11 is 0. The minimum Gasteiger partial charge on any atom is -0.482 e. The molecule has 2 aromatic carbocycles. The molecule has 2 aromatic rings. The van der Waals surface area contributed by atoms with Crippen LogP contribution in [0, 0.1) is 10.1 Å². The highest BCUT2D eigenvalue weighted by atomic mass is 16.6. The van der Waals surface area contributed by atoms with E-state index in [0.717, 1.165) is 5.56 Å². The van der Waals surface area contributed by atoms with Crippen LogP contribution in [0.4, 0.5) is 11.4 Å². The minimum absolute atomic E-state index is 0.122. The van der Waals surface area contributed by atoms with Gasteiger partial charge < -0.3 is 9.64 Å². The van der Waals surface area contributed by atoms with E-state index in [0.29, 0.717) is 12.2 Å². The zero-order valence-corrected chi connectivity index (χ0v) is 13.3. The first-order valence-electron chi connectivity index (χ1n) is 7.37. The Labute approximate surface area is 140 Å². The smallest absolute Gasteiger partial charge is 0.311 e. The predicted molar refractivity (Wildman–Crippen MR) is 92.1 cm³/mol. The standard InChI is InChI=1S/C18H18N2O4/c1-3-11-19(14(2)21)16-9-10-17(20(22)23)18(12-16)24-13-15-7-5-4-6-8-15/h3-10,12H,1,11,13H2,2H3. The fraction of sp³-hybridized carbons (Fsp3) is 0.167. The summed E-state index contributed by atoms with van der Waals surface area (Å²) in [6, 6.07) is 13.7. The van der Waals surface area contributed by atoms with E-state index in [1.165, 1.54) is 30.0 Å². The second-order valence-corrected chi connectivity index (χ2v) is 5.10. The number of carbonyl (C=O) groups excluding carboxylic acids is 1. The van der Waals surface area contributed by atoms with Gasteiger partial charge in [0.15, 0.2) is 5.75 Å². The second kappa shape index (κ2) is 7.92. The molecule has 0 aliphatic carbocycles. The molecule has 124 valence electrons. The van der Waals surface area contributed by atoms with Crippen LogP contribution in [-0.2, 0) is 11.4 Å². The van der Waals surface area contributed by atoms with Gasteiger partial charge in [0.2, 0.25) is 5.91 Å². The van der Waals surface area contributed by atoms with Crippen molar-refractivity contribution in [2.24, 2.45) is 0 Å². The molecular weight excluding hydrogens is 308 g/mol. The van der Waals surface area contributed by atoms with Gasteiger partial charge in [-0.15, -0.1) is 6.58 Å². The van der Waals surface area contributed by atoms with E-state index in [-0.39, 0.29) is 24.0 Å². The van der Waals surface area contributed by atoms with Crippen LogP contribution >= 0.6 is 0 Å². The zero-order chi connectivity index (χ0) is 17.5. The second-order valence-electron chi connectivity index (χ2n) is 5.10. The van der Waals surface area contributed by atoms with Crippen LogP contribution in [0.15, 0.2) is 61.2 Å². The Morgan fingerprint density at radius 2 is 2.00 bits per heavy atom. The van der Waals surface area contributed by atoms with Crippen LogP contribution in [0.2, 0.25) is 0 Å². The van der Waals surface area contributed by atoms with Crippen molar-refractivity contribution in [3.8, 4) is 5.75 Å². The number of anilines is 1. The van der Waals surface area contributed by atoms with Gasteiger partial charge in [0.1, 0.15) is 6.61 Å². The number of benzene rings is 2. The van der Waals surface area contributed by atoms with Crippen molar-refractivity contribution in [1.29, 1.82) is 0 Å². The van der Waals surface area contributed by atoms with Crippen LogP contribution in [-0.4, -0.2) is 17.4 Å². The largest absolute Gasteiger partial charge is 0.482 e. The summed E-state index contributed by atoms with van der Waals surface area (Å²) < 4.78 is 5.63. The number of ether oxygens (including phenoxy) is 1. The van der Waals surface area contributed by atoms with E-state index in [2.05, 4.69) is 6.58 Å². The molecule has 24 heavy (non-hydrogen) atoms. The van der Waals surface area contributed by atoms with E-state index >= 15 is 0 Å². The summed E-state index contributed by atoms with van der Waals surface area (Å²) in [6.45, 7) is 5.56. The lowest BCUT2D eigenvalue weighted by Crippen LogP contribution is -2.28. The van der Waals surface area contributed by atoms with Gasteiger partial charge in [-0.25, -0.2) is 0 Å². The molecule has 0 atom stereocenters. The Bertz CT molecular complexity index is 744. The Morgan fingerprint density at radius 3 is 2.58 bits per heavy atom. The lowest BCUT2D eigenvalue weighted by Gasteiger charge is -2.20. The highest BCUT2D eigenvalue weighted by Gasteiger charge is 2.19. The molecule has 6 nitrogen and oxygen atoms in total. The summed E-state index contributed by atoms with van der Waals surface area (Å²) in [5.74, 6) is -0.0607. The third kappa shape index (κ3) is 4.19. The van der Waals surface area contributed by atoms with Gasteiger partial charge in [0.25, 0.3) is 0 Å². The van der Waals surface area contributed by atoms with Gasteiger partial charge in [0.05, 0.1) is 4.92 Å². The highest BCUT2D eigenvalue weighted by molar-refractivity contribution is 5.92. The van der Waals surface area contributed by atoms with Gasteiger partial charge in [-0.3, -0.25) is 14.9 Å². The van der Waals surface area contributed by atoms with Crippen molar-refractivity contribution < 1.29 is 14.5 Å². The fourth-order valence-corrected chi connectivity index (χ4v) is 2.22. The Hall–Kier alpha value is -3.15. The molecule has 0 saturated carbocycles. The number of nitro groups is 1. The molecule has 0 saturated heterocycles. The molecule has 0 aliphatic rings. The Kier molecular flexibility index (Phi) is 5.68. The van der Waals surface area contributed by atoms with E-state index < -0.39 is 4.92 Å². The maximum atomic E-state index is 11.7. The maximum absolute atomic E-state index is 11.7. The summed E-state index contributed by atoms with van der Waals surface area (Å²) in [5.41, 5.74) is 1.28. The average molecular weight is 326 g/mol. The number of carbonyl (C=O) groups is 1. The quantitative estimate of drug-likeness (QED) is 0.442. The molecule has 0 N–H and O–H groups in total. The molecule has 0 bridgehead atoms. The minimum atomic E-state index is -0.504. The lowest BCUT2D eigenvalue weighted by molar-refractivity contribution is -0.385. The predicted octanol–water partition coefficient (Wildman–Crippen LogP) is 3.71. The first kappa shape index (κ1) is 17.2. The van der Waals surface area contributed by atoms with E-state index in [1.54, 1.807) is 6.08 Å². The SMILES string of the molecule is C=CCN(C(C)=O)c1ccc([N+](=O)[O-])c(OCc2ccccc2)c1. The normalized spacial score (nSPS) is 10.0. The molecule has 0 heterocycles.